The van der Waals surface area contributed by atoms with Gasteiger partial charge in [0.15, 0.2) is 34.9 Å². The first-order valence-corrected chi connectivity index (χ1v) is 48.6. The number of ether oxygens (including phenoxy) is 3. The summed E-state index contributed by atoms with van der Waals surface area (Å²) in [6.07, 6.45) is 35.8. The summed E-state index contributed by atoms with van der Waals surface area (Å²) in [5.41, 5.74) is 51.7. The average Bonchev–Trinajstić information content (AvgIpc) is 1.69. The number of hydrogen-bond acceptors (Lipinski definition) is 31. The molecule has 0 amide bonds. The minimum absolute atomic E-state index is 0.288. The molecule has 136 heavy (non-hydrogen) atoms. The van der Waals surface area contributed by atoms with Gasteiger partial charge in [0.25, 0.3) is 0 Å². The molecular weight excluding hydrogens is 1730 g/mol. The number of aromatic nitrogens is 21. The normalized spacial score (nSPS) is 13.1. The maximum atomic E-state index is 5.85. The molecule has 718 valence electrons. The van der Waals surface area contributed by atoms with E-state index in [9.17, 15) is 0 Å². The fourth-order valence-corrected chi connectivity index (χ4v) is 16.9. The number of rotatable bonds is 38. The first kappa shape index (κ1) is 97.8. The Bertz CT molecular complexity index is 6530. The van der Waals surface area contributed by atoms with Gasteiger partial charge in [0.05, 0.1) is 78.3 Å². The number of methoxy groups -OCH3 is 1. The molecule has 17 aromatic rings. The quantitative estimate of drug-likeness (QED) is 0.0160. The zero-order valence-electron chi connectivity index (χ0n) is 79.3. The van der Waals surface area contributed by atoms with Gasteiger partial charge in [0.1, 0.15) is 44.5 Å². The van der Waals surface area contributed by atoms with E-state index in [0.717, 1.165) is 319 Å². The van der Waals surface area contributed by atoms with Crippen molar-refractivity contribution in [2.75, 3.05) is 152 Å². The van der Waals surface area contributed by atoms with Gasteiger partial charge >= 0.3 is 0 Å². The molecule has 18 heterocycles. The van der Waals surface area contributed by atoms with E-state index in [1.165, 1.54) is 11.1 Å². The number of nitrogens with one attached hydrogen (secondary N) is 6. The highest BCUT2D eigenvalue weighted by molar-refractivity contribution is 7.08. The van der Waals surface area contributed by atoms with Crippen molar-refractivity contribution in [3.63, 3.8) is 0 Å². The van der Waals surface area contributed by atoms with E-state index in [-0.39, 0.29) is 11.9 Å². The van der Waals surface area contributed by atoms with Crippen LogP contribution in [0.2, 0.25) is 0 Å². The molecule has 2 saturated heterocycles. The Morgan fingerprint density at radius 2 is 0.779 bits per heavy atom. The Labute approximate surface area is 796 Å². The molecule has 19 rings (SSSR count). The molecule has 0 saturated carbocycles. The van der Waals surface area contributed by atoms with Crippen molar-refractivity contribution in [3.8, 4) is 5.75 Å². The molecule has 2 aliphatic rings. The molecular formula is C98H132N34O3S. The number of pyridine rings is 2. The fourth-order valence-electron chi connectivity index (χ4n) is 16.3. The van der Waals surface area contributed by atoms with Gasteiger partial charge in [-0.15, -0.1) is 0 Å². The number of unbranched alkanes of at least 4 members (excludes halogenated alkanes) is 6. The van der Waals surface area contributed by atoms with Crippen LogP contribution >= 0.6 is 11.3 Å². The minimum atomic E-state index is 0.288. The third-order valence-corrected chi connectivity index (χ3v) is 23.9. The lowest BCUT2D eigenvalue weighted by molar-refractivity contribution is 0.0365. The minimum Gasteiger partial charge on any atom is -0.496 e. The zero-order valence-corrected chi connectivity index (χ0v) is 80.1. The van der Waals surface area contributed by atoms with Gasteiger partial charge in [-0.05, 0) is 146 Å². The van der Waals surface area contributed by atoms with Crippen LogP contribution in [0.4, 0.5) is 70.6 Å². The summed E-state index contributed by atoms with van der Waals surface area (Å²) in [7, 11) is 1.69. The lowest BCUT2D eigenvalue weighted by atomic mass is 10.2. The Hall–Kier alpha value is -14.2. The van der Waals surface area contributed by atoms with E-state index in [1.54, 1.807) is 30.8 Å². The van der Waals surface area contributed by atoms with Crippen LogP contribution in [0.5, 0.6) is 5.75 Å². The van der Waals surface area contributed by atoms with Crippen LogP contribution < -0.4 is 71.0 Å². The van der Waals surface area contributed by atoms with Gasteiger partial charge in [-0.25, -0.2) is 34.9 Å². The number of nitrogen functional groups attached to an aromatic ring is 6. The maximum Gasteiger partial charge on any atom is 0.222 e. The molecule has 18 N–H and O–H groups in total. The summed E-state index contributed by atoms with van der Waals surface area (Å²) in [5.74, 6) is 7.56. The van der Waals surface area contributed by atoms with Gasteiger partial charge in [-0.1, -0.05) is 104 Å². The second-order valence-corrected chi connectivity index (χ2v) is 34.3. The number of para-hydroxylation sites is 1. The molecule has 2 aliphatic heterocycles. The highest BCUT2D eigenvalue weighted by atomic mass is 32.1. The number of fused-ring (bicyclic) bond motifs is 7. The first-order valence-electron chi connectivity index (χ1n) is 47.6. The van der Waals surface area contributed by atoms with Crippen LogP contribution in [0.3, 0.4) is 0 Å². The van der Waals surface area contributed by atoms with Crippen molar-refractivity contribution < 1.29 is 14.2 Å². The van der Waals surface area contributed by atoms with Crippen LogP contribution in [0.1, 0.15) is 154 Å². The Morgan fingerprint density at radius 1 is 0.390 bits per heavy atom. The van der Waals surface area contributed by atoms with Crippen molar-refractivity contribution >= 4 is 154 Å². The number of anilines is 12. The predicted octanol–water partition coefficient (Wildman–Crippen LogP) is 16.2. The second kappa shape index (κ2) is 49.7. The zero-order chi connectivity index (χ0) is 94.9. The number of nitrogens with zero attached hydrogens (tertiary/aromatic N) is 22. The first-order chi connectivity index (χ1) is 66.6. The lowest BCUT2D eigenvalue weighted by Crippen LogP contribution is -2.38. The molecule has 2 fully saturated rings. The molecule has 0 radical (unpaired) electrons. The van der Waals surface area contributed by atoms with Crippen LogP contribution in [0.15, 0.2) is 170 Å². The lowest BCUT2D eigenvalue weighted by Gasteiger charge is -2.26. The van der Waals surface area contributed by atoms with Crippen molar-refractivity contribution in [3.05, 3.63) is 192 Å². The summed E-state index contributed by atoms with van der Waals surface area (Å²) < 4.78 is 31.6. The molecule has 1 unspecified atom stereocenters. The highest BCUT2D eigenvalue weighted by Gasteiger charge is 2.23. The van der Waals surface area contributed by atoms with Crippen molar-refractivity contribution in [2.24, 2.45) is 0 Å². The van der Waals surface area contributed by atoms with E-state index in [2.05, 4.69) is 205 Å². The summed E-state index contributed by atoms with van der Waals surface area (Å²) in [5, 5.41) is 24.6. The third-order valence-electron chi connectivity index (χ3n) is 23.2. The number of hydrogen-bond donors (Lipinski definition) is 12. The number of benzene rings is 1. The van der Waals surface area contributed by atoms with Crippen LogP contribution in [0.25, 0.3) is 71.8 Å². The number of thiophene rings is 1. The molecule has 0 bridgehead atoms. The second-order valence-electron chi connectivity index (χ2n) is 33.5. The SMILES string of the molecule is CCCCNc1nc(N)nc2ccn(CC3CCCO3)c12.CCCCNc1nc(N)nc2ccn(CCN3CCOCC3)c12.CCCCNc1nc(N)nc2ccn(Cc3ccccc3OC)c12.CCCCNc1nc(N)nc2ccn(Cc3ccncc3)c12.CCCCNc1nc(N)nc2ccn(Cc3ccsc3)c12.CCCCNc1nc(N)nc2ccn(Cc3cn4ccccc4n3)c12. The Balaban J connectivity index is 0.000000131. The monoisotopic (exact) mass is 1870 g/mol. The van der Waals surface area contributed by atoms with Gasteiger partial charge in [0, 0.05) is 159 Å². The van der Waals surface area contributed by atoms with Gasteiger partial charge < -0.3 is 112 Å². The van der Waals surface area contributed by atoms with Gasteiger partial charge in [-0.2, -0.15) is 41.2 Å². The van der Waals surface area contributed by atoms with E-state index >= 15 is 0 Å². The van der Waals surface area contributed by atoms with Crippen molar-refractivity contribution in [2.45, 2.75) is 177 Å². The van der Waals surface area contributed by atoms with Crippen LogP contribution in [-0.4, -0.2) is 198 Å². The summed E-state index contributed by atoms with van der Waals surface area (Å²) in [4.78, 5) is 63.5. The van der Waals surface area contributed by atoms with E-state index in [1.807, 2.05) is 133 Å². The molecule has 0 aliphatic carbocycles. The molecule has 16 aromatic heterocycles. The van der Waals surface area contributed by atoms with E-state index in [0.29, 0.717) is 43.0 Å². The Kier molecular flexibility index (Phi) is 35.7. The predicted molar refractivity (Wildman–Crippen MR) is 551 cm³/mol. The van der Waals surface area contributed by atoms with Crippen LogP contribution in [0, 0.1) is 0 Å². The third kappa shape index (κ3) is 26.4. The topological polar surface area (TPSA) is 474 Å². The largest absolute Gasteiger partial charge is 0.496 e. The number of morpholine rings is 1. The number of nitrogens with two attached hydrogens (primary N) is 6. The van der Waals surface area contributed by atoms with Gasteiger partial charge in [0.2, 0.25) is 35.7 Å². The summed E-state index contributed by atoms with van der Waals surface area (Å²) in [6, 6.07) is 32.1. The summed E-state index contributed by atoms with van der Waals surface area (Å²) >= 11 is 1.71. The number of imidazole rings is 1. The molecule has 0 spiro atoms. The maximum absolute atomic E-state index is 5.85. The Morgan fingerprint density at radius 3 is 1.18 bits per heavy atom. The fraction of sp³-hybridized carbons (Fsp3) is 0.408. The van der Waals surface area contributed by atoms with Crippen molar-refractivity contribution in [1.29, 1.82) is 0 Å². The van der Waals surface area contributed by atoms with E-state index in [4.69, 9.17) is 48.6 Å². The van der Waals surface area contributed by atoms with Crippen molar-refractivity contribution in [1.82, 2.24) is 106 Å². The standard InChI is InChI=1S/C18H21N7.C18H23N5O.C16H26N6O.C16H20N6.C15H23N5O.C15H19N5S/c1-2-3-8-20-17-16-14(22-18(19)23-17)7-10-25(16)12-13-11-24-9-5-4-6-15(24)21-13;1-3-4-10-20-17-16-14(21-18(19)22-17)9-11-23(16)12-13-7-5-6-8-15(13)24-2;1-2-3-5-18-15-14-13(19-16(17)20-15)4-6-22(14)8-7-21-9-11-23-12-10-21;1-2-3-7-19-15-14-13(20-16(17)21-15)6-10-22(14)11-12-4-8-18-9-5-12;1-2-3-7-17-14-13-12(18-15(16)19-14)6-8-20(13)10-11-5-4-9-21-11;1-2-3-6-17-14-13-12(18-15(16)19-14)4-7-20(13)9-11-5-8-21-10-11/h4-7,9-11H,2-3,8,12H2,1H3,(H3,19,20,22,23);5-9,11H,3-4,10,12H2,1-2H3,(H3,19,20,21,22);4,6H,2-3,5,7-12H2,1H3,(H3,17,18,19,20);4-6,8-10H,2-3,7,11H2,1H3,(H3,17,19,20,21);6,8,11H,2-5,7,9-10H2,1H3,(H3,16,17,18,19);4-5,7-8,10H,2-3,6,9H2,1H3,(H3,16,17,18,19). The average molecular weight is 1870 g/mol. The smallest absolute Gasteiger partial charge is 0.222 e. The molecule has 38 heteroatoms. The molecule has 1 aromatic carbocycles. The molecule has 37 nitrogen and oxygen atoms in total. The molecule has 1 atom stereocenters. The van der Waals surface area contributed by atoms with Gasteiger partial charge in [-0.3, -0.25) is 9.88 Å². The van der Waals surface area contributed by atoms with Crippen LogP contribution in [-0.2, 0) is 48.7 Å². The summed E-state index contributed by atoms with van der Waals surface area (Å²) in [6.45, 7) is 28.5. The highest BCUT2D eigenvalue weighted by Crippen LogP contribution is 2.32. The van der Waals surface area contributed by atoms with E-state index < -0.39 is 0 Å².